The van der Waals surface area contributed by atoms with Crippen molar-refractivity contribution < 1.29 is 14.1 Å². The molecule has 1 amide bonds. The summed E-state index contributed by atoms with van der Waals surface area (Å²) in [6.07, 6.45) is 0. The lowest BCUT2D eigenvalue weighted by molar-refractivity contribution is 0.102. The first-order chi connectivity index (χ1) is 13.2. The highest BCUT2D eigenvalue weighted by Gasteiger charge is 2.14. The number of halogens is 1. The van der Waals surface area contributed by atoms with Gasteiger partial charge in [0.15, 0.2) is 5.76 Å². The normalized spacial score (nSPS) is 10.7. The van der Waals surface area contributed by atoms with Crippen LogP contribution in [0.2, 0.25) is 5.02 Å². The summed E-state index contributed by atoms with van der Waals surface area (Å²) in [5, 5.41) is 8.18. The Kier molecular flexibility index (Phi) is 4.52. The van der Waals surface area contributed by atoms with E-state index in [0.29, 0.717) is 33.3 Å². The molecule has 0 fully saturated rings. The maximum Gasteiger partial charge on any atom is 0.255 e. The number of methoxy groups -OCH3 is 1. The quantitative estimate of drug-likeness (QED) is 0.515. The standard InChI is InChI=1S/C21H15ClN2O3/c1-26-19-10-8-15(12-17(19)22)23-21(25)14-7-9-16-18(11-14)24-27-20(16)13-5-3-2-4-6-13/h2-12H,1H3,(H,23,25). The van der Waals surface area contributed by atoms with Gasteiger partial charge in [0.25, 0.3) is 5.91 Å². The molecule has 1 N–H and O–H groups in total. The number of hydrogen-bond donors (Lipinski definition) is 1. The van der Waals surface area contributed by atoms with Gasteiger partial charge in [0.1, 0.15) is 11.3 Å². The fraction of sp³-hybridized carbons (Fsp3) is 0.0476. The van der Waals surface area contributed by atoms with Crippen LogP contribution in [0.15, 0.2) is 71.3 Å². The number of nitrogens with one attached hydrogen (secondary N) is 1. The van der Waals surface area contributed by atoms with E-state index < -0.39 is 0 Å². The molecule has 3 aromatic carbocycles. The number of aromatic nitrogens is 1. The molecular formula is C21H15ClN2O3. The average molecular weight is 379 g/mol. The number of hydrogen-bond acceptors (Lipinski definition) is 4. The number of benzene rings is 3. The van der Waals surface area contributed by atoms with Crippen molar-refractivity contribution in [3.05, 3.63) is 77.3 Å². The minimum atomic E-state index is -0.262. The molecule has 0 unspecified atom stereocenters. The zero-order valence-corrected chi connectivity index (χ0v) is 15.2. The molecule has 0 aliphatic heterocycles. The van der Waals surface area contributed by atoms with E-state index >= 15 is 0 Å². The molecule has 0 aliphatic rings. The van der Waals surface area contributed by atoms with Crippen LogP contribution >= 0.6 is 11.6 Å². The highest BCUT2D eigenvalue weighted by atomic mass is 35.5. The van der Waals surface area contributed by atoms with Crippen LogP contribution in [0.3, 0.4) is 0 Å². The van der Waals surface area contributed by atoms with Gasteiger partial charge in [-0.25, -0.2) is 0 Å². The molecule has 4 aromatic rings. The van der Waals surface area contributed by atoms with E-state index in [0.717, 1.165) is 10.9 Å². The first-order valence-corrected chi connectivity index (χ1v) is 8.63. The molecule has 5 nitrogen and oxygen atoms in total. The highest BCUT2D eigenvalue weighted by Crippen LogP contribution is 2.30. The molecule has 0 saturated heterocycles. The molecule has 134 valence electrons. The van der Waals surface area contributed by atoms with E-state index in [1.807, 2.05) is 36.4 Å². The fourth-order valence-electron chi connectivity index (χ4n) is 2.83. The summed E-state index contributed by atoms with van der Waals surface area (Å²) in [6.45, 7) is 0. The van der Waals surface area contributed by atoms with Crippen LogP contribution in [0.1, 0.15) is 10.4 Å². The predicted octanol–water partition coefficient (Wildman–Crippen LogP) is 5.41. The van der Waals surface area contributed by atoms with E-state index in [1.165, 1.54) is 7.11 Å². The first kappa shape index (κ1) is 17.1. The first-order valence-electron chi connectivity index (χ1n) is 8.25. The summed E-state index contributed by atoms with van der Waals surface area (Å²) in [4.78, 5) is 12.6. The van der Waals surface area contributed by atoms with Gasteiger partial charge in [0, 0.05) is 22.2 Å². The van der Waals surface area contributed by atoms with Crippen molar-refractivity contribution in [3.63, 3.8) is 0 Å². The van der Waals surface area contributed by atoms with E-state index in [4.69, 9.17) is 20.9 Å². The van der Waals surface area contributed by atoms with Crippen LogP contribution < -0.4 is 10.1 Å². The number of carbonyl (C=O) groups is 1. The van der Waals surface area contributed by atoms with E-state index in [9.17, 15) is 4.79 Å². The molecule has 4 rings (SSSR count). The number of fused-ring (bicyclic) bond motifs is 1. The predicted molar refractivity (Wildman–Crippen MR) is 105 cm³/mol. The van der Waals surface area contributed by atoms with Crippen LogP contribution in [0, 0.1) is 0 Å². The SMILES string of the molecule is COc1ccc(NC(=O)c2ccc3c(-c4ccccc4)onc3c2)cc1Cl. The summed E-state index contributed by atoms with van der Waals surface area (Å²) >= 11 is 6.10. The summed E-state index contributed by atoms with van der Waals surface area (Å²) in [7, 11) is 1.54. The third-order valence-corrected chi connectivity index (χ3v) is 4.48. The molecule has 1 heterocycles. The van der Waals surface area contributed by atoms with Gasteiger partial charge in [0.2, 0.25) is 0 Å². The number of nitrogens with zero attached hydrogens (tertiary/aromatic N) is 1. The summed E-state index contributed by atoms with van der Waals surface area (Å²) in [5.41, 5.74) is 2.61. The largest absolute Gasteiger partial charge is 0.495 e. The van der Waals surface area contributed by atoms with Crippen LogP contribution in [-0.4, -0.2) is 18.2 Å². The highest BCUT2D eigenvalue weighted by molar-refractivity contribution is 6.32. The Morgan fingerprint density at radius 1 is 1.07 bits per heavy atom. The third kappa shape index (κ3) is 3.37. The monoisotopic (exact) mass is 378 g/mol. The second-order valence-corrected chi connectivity index (χ2v) is 6.32. The molecule has 27 heavy (non-hydrogen) atoms. The molecule has 0 atom stereocenters. The van der Waals surface area contributed by atoms with Crippen LogP contribution in [0.5, 0.6) is 5.75 Å². The number of amides is 1. The van der Waals surface area contributed by atoms with Gasteiger partial charge in [-0.05, 0) is 36.4 Å². The zero-order valence-electron chi connectivity index (χ0n) is 14.4. The topological polar surface area (TPSA) is 64.4 Å². The smallest absolute Gasteiger partial charge is 0.255 e. The Morgan fingerprint density at radius 3 is 2.63 bits per heavy atom. The second-order valence-electron chi connectivity index (χ2n) is 5.91. The Bertz CT molecular complexity index is 1120. The minimum absolute atomic E-state index is 0.262. The summed E-state index contributed by atoms with van der Waals surface area (Å²) < 4.78 is 10.6. The van der Waals surface area contributed by atoms with Crippen molar-refractivity contribution in [3.8, 4) is 17.1 Å². The Balaban J connectivity index is 1.61. The van der Waals surface area contributed by atoms with E-state index in [-0.39, 0.29) is 5.91 Å². The van der Waals surface area contributed by atoms with Crippen LogP contribution in [0.25, 0.3) is 22.2 Å². The average Bonchev–Trinajstić information content (AvgIpc) is 3.12. The van der Waals surface area contributed by atoms with Crippen molar-refractivity contribution in [1.29, 1.82) is 0 Å². The van der Waals surface area contributed by atoms with Gasteiger partial charge in [0.05, 0.1) is 12.1 Å². The van der Waals surface area contributed by atoms with Gasteiger partial charge in [-0.2, -0.15) is 0 Å². The van der Waals surface area contributed by atoms with E-state index in [1.54, 1.807) is 30.3 Å². The van der Waals surface area contributed by atoms with Gasteiger partial charge in [-0.1, -0.05) is 47.1 Å². The van der Waals surface area contributed by atoms with Crippen molar-refractivity contribution in [2.75, 3.05) is 12.4 Å². The fourth-order valence-corrected chi connectivity index (χ4v) is 3.09. The molecule has 0 radical (unpaired) electrons. The Morgan fingerprint density at radius 2 is 1.89 bits per heavy atom. The number of carbonyl (C=O) groups excluding carboxylic acids is 1. The maximum absolute atomic E-state index is 12.6. The third-order valence-electron chi connectivity index (χ3n) is 4.19. The Labute approximate surface area is 160 Å². The molecule has 0 spiro atoms. The maximum atomic E-state index is 12.6. The molecular weight excluding hydrogens is 364 g/mol. The summed E-state index contributed by atoms with van der Waals surface area (Å²) in [6, 6.07) is 20.1. The molecule has 0 bridgehead atoms. The number of ether oxygens (including phenoxy) is 1. The molecule has 1 aromatic heterocycles. The van der Waals surface area contributed by atoms with Crippen molar-refractivity contribution in [1.82, 2.24) is 5.16 Å². The number of anilines is 1. The zero-order chi connectivity index (χ0) is 18.8. The lowest BCUT2D eigenvalue weighted by Crippen LogP contribution is -2.11. The molecule has 6 heteroatoms. The van der Waals surface area contributed by atoms with Crippen molar-refractivity contribution in [2.24, 2.45) is 0 Å². The lowest BCUT2D eigenvalue weighted by Gasteiger charge is -2.08. The summed E-state index contributed by atoms with van der Waals surface area (Å²) in [5.74, 6) is 0.967. The van der Waals surface area contributed by atoms with Crippen molar-refractivity contribution >= 4 is 34.1 Å². The van der Waals surface area contributed by atoms with Gasteiger partial charge < -0.3 is 14.6 Å². The Hall–Kier alpha value is -3.31. The van der Waals surface area contributed by atoms with Crippen LogP contribution in [-0.2, 0) is 0 Å². The minimum Gasteiger partial charge on any atom is -0.495 e. The lowest BCUT2D eigenvalue weighted by atomic mass is 10.1. The van der Waals surface area contributed by atoms with Gasteiger partial charge in [-0.15, -0.1) is 0 Å². The number of rotatable bonds is 4. The molecule has 0 aliphatic carbocycles. The van der Waals surface area contributed by atoms with Gasteiger partial charge in [-0.3, -0.25) is 4.79 Å². The van der Waals surface area contributed by atoms with Crippen LogP contribution in [0.4, 0.5) is 5.69 Å². The van der Waals surface area contributed by atoms with Crippen molar-refractivity contribution in [2.45, 2.75) is 0 Å². The molecule has 0 saturated carbocycles. The van der Waals surface area contributed by atoms with Gasteiger partial charge >= 0.3 is 0 Å². The van der Waals surface area contributed by atoms with E-state index in [2.05, 4.69) is 10.5 Å². The second kappa shape index (κ2) is 7.13.